The largest absolute Gasteiger partial charge is 0.497 e. The summed E-state index contributed by atoms with van der Waals surface area (Å²) in [6.45, 7) is 0. The number of hydrogen-bond acceptors (Lipinski definition) is 4. The number of carbonyl (C=O) groups excluding carboxylic acids is 1. The van der Waals surface area contributed by atoms with Crippen molar-refractivity contribution >= 4 is 5.78 Å². The Labute approximate surface area is 131 Å². The molecular weight excluding hydrogens is 301 g/mol. The SMILES string of the molecule is COc1ccc(C(=O)[C@]2([N+](=O)[O-])C[C@H]2c2ccccc2F)cc1. The van der Waals surface area contributed by atoms with Crippen molar-refractivity contribution in [3.63, 3.8) is 0 Å². The molecule has 0 radical (unpaired) electrons. The summed E-state index contributed by atoms with van der Waals surface area (Å²) in [7, 11) is 1.49. The molecule has 0 aromatic heterocycles. The van der Waals surface area contributed by atoms with E-state index in [1.54, 1.807) is 18.2 Å². The Kier molecular flexibility index (Phi) is 3.60. The third-order valence-corrected chi connectivity index (χ3v) is 4.28. The molecule has 23 heavy (non-hydrogen) atoms. The first-order valence-corrected chi connectivity index (χ1v) is 7.08. The summed E-state index contributed by atoms with van der Waals surface area (Å²) < 4.78 is 18.9. The molecule has 6 heteroatoms. The quantitative estimate of drug-likeness (QED) is 0.482. The number of carbonyl (C=O) groups is 1. The summed E-state index contributed by atoms with van der Waals surface area (Å²) in [4.78, 5) is 23.6. The van der Waals surface area contributed by atoms with E-state index in [0.717, 1.165) is 0 Å². The Hall–Kier alpha value is -2.76. The monoisotopic (exact) mass is 315 g/mol. The van der Waals surface area contributed by atoms with E-state index in [0.29, 0.717) is 5.75 Å². The van der Waals surface area contributed by atoms with Crippen LogP contribution in [-0.4, -0.2) is 23.4 Å². The smallest absolute Gasteiger partial charge is 0.291 e. The minimum Gasteiger partial charge on any atom is -0.497 e. The zero-order valence-electron chi connectivity index (χ0n) is 12.4. The fourth-order valence-corrected chi connectivity index (χ4v) is 2.91. The van der Waals surface area contributed by atoms with Crippen LogP contribution in [0.2, 0.25) is 0 Å². The van der Waals surface area contributed by atoms with Gasteiger partial charge in [-0.25, -0.2) is 4.39 Å². The second kappa shape index (κ2) is 5.46. The summed E-state index contributed by atoms with van der Waals surface area (Å²) in [5.41, 5.74) is -1.34. The van der Waals surface area contributed by atoms with E-state index in [-0.39, 0.29) is 17.5 Å². The Morgan fingerprint density at radius 3 is 2.48 bits per heavy atom. The van der Waals surface area contributed by atoms with Crippen LogP contribution < -0.4 is 4.74 Å². The van der Waals surface area contributed by atoms with Gasteiger partial charge in [-0.05, 0) is 35.9 Å². The number of benzene rings is 2. The van der Waals surface area contributed by atoms with Gasteiger partial charge in [-0.2, -0.15) is 0 Å². The zero-order valence-corrected chi connectivity index (χ0v) is 12.4. The van der Waals surface area contributed by atoms with Crippen molar-refractivity contribution in [2.24, 2.45) is 0 Å². The van der Waals surface area contributed by atoms with Gasteiger partial charge in [0, 0.05) is 16.9 Å². The predicted molar refractivity (Wildman–Crippen MR) is 80.8 cm³/mol. The zero-order chi connectivity index (χ0) is 16.6. The Morgan fingerprint density at radius 2 is 1.91 bits per heavy atom. The van der Waals surface area contributed by atoms with Gasteiger partial charge in [0.05, 0.1) is 13.0 Å². The maximum absolute atomic E-state index is 13.9. The fraction of sp³-hybridized carbons (Fsp3) is 0.235. The average molecular weight is 315 g/mol. The number of methoxy groups -OCH3 is 1. The minimum absolute atomic E-state index is 0.00575. The second-order valence-electron chi connectivity index (χ2n) is 5.52. The van der Waals surface area contributed by atoms with Crippen LogP contribution in [0.5, 0.6) is 5.75 Å². The molecule has 3 rings (SSSR count). The molecule has 0 aliphatic heterocycles. The number of Topliss-reactive ketones (excluding diaryl/α,β-unsaturated/α-hetero) is 1. The van der Waals surface area contributed by atoms with E-state index < -0.39 is 28.0 Å². The molecule has 0 spiro atoms. The summed E-state index contributed by atoms with van der Waals surface area (Å²) in [5, 5.41) is 11.6. The Bertz CT molecular complexity index is 774. The van der Waals surface area contributed by atoms with Gasteiger partial charge in [-0.3, -0.25) is 14.9 Å². The highest BCUT2D eigenvalue weighted by Crippen LogP contribution is 2.56. The Morgan fingerprint density at radius 1 is 1.26 bits per heavy atom. The van der Waals surface area contributed by atoms with E-state index in [9.17, 15) is 19.3 Å². The maximum atomic E-state index is 13.9. The van der Waals surface area contributed by atoms with E-state index >= 15 is 0 Å². The first-order chi connectivity index (χ1) is 11.0. The molecular formula is C17H14FNO4. The lowest BCUT2D eigenvalue weighted by Crippen LogP contribution is -2.34. The molecule has 2 atom stereocenters. The minimum atomic E-state index is -1.78. The van der Waals surface area contributed by atoms with Gasteiger partial charge in [-0.15, -0.1) is 0 Å². The highest BCUT2D eigenvalue weighted by atomic mass is 19.1. The summed E-state index contributed by atoms with van der Waals surface area (Å²) >= 11 is 0. The van der Waals surface area contributed by atoms with Gasteiger partial charge >= 0.3 is 0 Å². The normalized spacial score (nSPS) is 22.4. The highest BCUT2D eigenvalue weighted by molar-refractivity contribution is 6.05. The summed E-state index contributed by atoms with van der Waals surface area (Å²) in [6.07, 6.45) is 0.00575. The first kappa shape index (κ1) is 15.1. The number of hydrogen-bond donors (Lipinski definition) is 0. The third-order valence-electron chi connectivity index (χ3n) is 4.28. The molecule has 0 bridgehead atoms. The van der Waals surface area contributed by atoms with E-state index in [4.69, 9.17) is 4.74 Å². The van der Waals surface area contributed by atoms with Gasteiger partial charge in [-0.1, -0.05) is 18.2 Å². The molecule has 0 saturated heterocycles. The van der Waals surface area contributed by atoms with Gasteiger partial charge in [0.1, 0.15) is 11.6 Å². The van der Waals surface area contributed by atoms with Crippen LogP contribution in [0.25, 0.3) is 0 Å². The third kappa shape index (κ3) is 2.36. The molecule has 2 aromatic rings. The molecule has 5 nitrogen and oxygen atoms in total. The average Bonchev–Trinajstić information content (AvgIpc) is 3.31. The van der Waals surface area contributed by atoms with Crippen LogP contribution in [-0.2, 0) is 0 Å². The van der Waals surface area contributed by atoms with Gasteiger partial charge < -0.3 is 4.74 Å². The number of ketones is 1. The molecule has 2 aromatic carbocycles. The molecule has 1 aliphatic carbocycles. The van der Waals surface area contributed by atoms with Crippen molar-refractivity contribution in [1.82, 2.24) is 0 Å². The van der Waals surface area contributed by atoms with Gasteiger partial charge in [0.25, 0.3) is 5.54 Å². The maximum Gasteiger partial charge on any atom is 0.291 e. The van der Waals surface area contributed by atoms with E-state index in [1.807, 2.05) is 0 Å². The van der Waals surface area contributed by atoms with Crippen LogP contribution in [0.15, 0.2) is 48.5 Å². The summed E-state index contributed by atoms with van der Waals surface area (Å²) in [5.74, 6) is -1.31. The van der Waals surface area contributed by atoms with Crippen LogP contribution >= 0.6 is 0 Å². The van der Waals surface area contributed by atoms with E-state index in [2.05, 4.69) is 0 Å². The van der Waals surface area contributed by atoms with Gasteiger partial charge in [0.15, 0.2) is 0 Å². The van der Waals surface area contributed by atoms with Crippen LogP contribution in [0.3, 0.4) is 0 Å². The first-order valence-electron chi connectivity index (χ1n) is 7.08. The van der Waals surface area contributed by atoms with Crippen molar-refractivity contribution in [3.05, 3.63) is 75.6 Å². The lowest BCUT2D eigenvalue weighted by Gasteiger charge is -2.10. The number of nitro groups is 1. The lowest BCUT2D eigenvalue weighted by molar-refractivity contribution is -0.521. The van der Waals surface area contributed by atoms with Crippen molar-refractivity contribution < 1.29 is 18.8 Å². The standard InChI is InChI=1S/C17H14FNO4/c1-23-12-8-6-11(7-9-12)16(20)17(19(21)22)10-14(17)13-4-2-3-5-15(13)18/h2-9,14H,10H2,1H3/t14-,17-/m0/s1. The number of rotatable bonds is 5. The molecule has 1 fully saturated rings. The molecule has 0 unspecified atom stereocenters. The number of ether oxygens (including phenoxy) is 1. The molecule has 0 N–H and O–H groups in total. The number of halogens is 1. The van der Waals surface area contributed by atoms with Gasteiger partial charge in [0.2, 0.25) is 5.78 Å². The highest BCUT2D eigenvalue weighted by Gasteiger charge is 2.72. The number of nitrogens with zero attached hydrogens (tertiary/aromatic N) is 1. The lowest BCUT2D eigenvalue weighted by atomic mass is 9.97. The van der Waals surface area contributed by atoms with Crippen LogP contribution in [0.1, 0.15) is 28.3 Å². The predicted octanol–water partition coefficient (Wildman–Crippen LogP) is 3.22. The van der Waals surface area contributed by atoms with Crippen molar-refractivity contribution in [2.45, 2.75) is 17.9 Å². The van der Waals surface area contributed by atoms with Crippen LogP contribution in [0.4, 0.5) is 4.39 Å². The molecule has 118 valence electrons. The van der Waals surface area contributed by atoms with E-state index in [1.165, 1.54) is 37.4 Å². The Balaban J connectivity index is 1.96. The van der Waals surface area contributed by atoms with Crippen molar-refractivity contribution in [3.8, 4) is 5.75 Å². The second-order valence-corrected chi connectivity index (χ2v) is 5.52. The molecule has 0 amide bonds. The molecule has 1 saturated carbocycles. The molecule has 0 heterocycles. The topological polar surface area (TPSA) is 69.4 Å². The summed E-state index contributed by atoms with van der Waals surface area (Å²) in [6, 6.07) is 12.0. The van der Waals surface area contributed by atoms with Crippen LogP contribution in [0, 0.1) is 15.9 Å². The van der Waals surface area contributed by atoms with Crippen molar-refractivity contribution in [1.29, 1.82) is 0 Å². The fourth-order valence-electron chi connectivity index (χ4n) is 2.91. The van der Waals surface area contributed by atoms with Crippen molar-refractivity contribution in [2.75, 3.05) is 7.11 Å². The molecule has 1 aliphatic rings.